The van der Waals surface area contributed by atoms with Crippen LogP contribution in [0.5, 0.6) is 0 Å². The number of H-pyrrole nitrogens is 1. The van der Waals surface area contributed by atoms with Crippen molar-refractivity contribution < 1.29 is 4.74 Å². The van der Waals surface area contributed by atoms with Crippen molar-refractivity contribution in [1.82, 2.24) is 15.0 Å². The van der Waals surface area contributed by atoms with E-state index in [2.05, 4.69) is 30.7 Å². The average Bonchev–Trinajstić information content (AvgIpc) is 3.06. The standard InChI is InChI=1S/C21H23ClN3OS/c1-4-26-18(12-15-8-10-23-11-9-15)20-24-19(14(2)3)21(25-20)27-17-7-5-6-16(22)13-17/h5-11,13-14,18H,1,4,12H2,2-3H3,(H,24,25). The molecule has 6 heteroatoms. The van der Waals surface area contributed by atoms with Gasteiger partial charge in [-0.25, -0.2) is 4.98 Å². The molecule has 1 radical (unpaired) electrons. The summed E-state index contributed by atoms with van der Waals surface area (Å²) in [5, 5.41) is 1.75. The molecule has 27 heavy (non-hydrogen) atoms. The van der Waals surface area contributed by atoms with Gasteiger partial charge in [-0.15, -0.1) is 0 Å². The van der Waals surface area contributed by atoms with E-state index in [-0.39, 0.29) is 12.0 Å². The van der Waals surface area contributed by atoms with Gasteiger partial charge in [0, 0.05) is 35.3 Å². The zero-order valence-corrected chi connectivity index (χ0v) is 17.1. The highest BCUT2D eigenvalue weighted by Gasteiger charge is 2.21. The van der Waals surface area contributed by atoms with Crippen molar-refractivity contribution in [3.8, 4) is 0 Å². The van der Waals surface area contributed by atoms with Crippen molar-refractivity contribution in [2.75, 3.05) is 6.61 Å². The predicted molar refractivity (Wildman–Crippen MR) is 110 cm³/mol. The fourth-order valence-electron chi connectivity index (χ4n) is 2.77. The van der Waals surface area contributed by atoms with Gasteiger partial charge in [0.1, 0.15) is 17.0 Å². The Morgan fingerprint density at radius 3 is 2.67 bits per heavy atom. The van der Waals surface area contributed by atoms with E-state index in [0.29, 0.717) is 13.0 Å². The Balaban J connectivity index is 1.89. The minimum atomic E-state index is -0.184. The molecule has 1 atom stereocenters. The molecule has 3 aromatic rings. The molecule has 1 unspecified atom stereocenters. The lowest BCUT2D eigenvalue weighted by atomic mass is 10.1. The normalized spacial score (nSPS) is 12.5. The van der Waals surface area contributed by atoms with Crippen molar-refractivity contribution in [2.24, 2.45) is 0 Å². The summed E-state index contributed by atoms with van der Waals surface area (Å²) in [5.41, 5.74) is 2.18. The number of nitrogens with zero attached hydrogens (tertiary/aromatic N) is 2. The highest BCUT2D eigenvalue weighted by atomic mass is 35.5. The van der Waals surface area contributed by atoms with Gasteiger partial charge in [0.05, 0.1) is 5.69 Å². The number of hydrogen-bond donors (Lipinski definition) is 1. The molecule has 2 aromatic heterocycles. The first-order valence-electron chi connectivity index (χ1n) is 8.89. The Morgan fingerprint density at radius 1 is 1.22 bits per heavy atom. The molecule has 0 saturated carbocycles. The summed E-state index contributed by atoms with van der Waals surface area (Å²) in [6.07, 6.45) is 4.11. The second-order valence-electron chi connectivity index (χ2n) is 6.47. The second kappa shape index (κ2) is 9.40. The molecule has 2 heterocycles. The first kappa shape index (κ1) is 19.9. The van der Waals surface area contributed by atoms with E-state index >= 15 is 0 Å². The lowest BCUT2D eigenvalue weighted by molar-refractivity contribution is 0.0670. The molecule has 0 saturated heterocycles. The molecular formula is C21H23ClN3OS. The van der Waals surface area contributed by atoms with Crippen LogP contribution in [0, 0.1) is 6.92 Å². The molecule has 0 bridgehead atoms. The Bertz CT molecular complexity index is 867. The van der Waals surface area contributed by atoms with Gasteiger partial charge in [-0.1, -0.05) is 43.3 Å². The largest absolute Gasteiger partial charge is 0.370 e. The number of pyridine rings is 1. The molecular weight excluding hydrogens is 378 g/mol. The van der Waals surface area contributed by atoms with Crippen molar-refractivity contribution in [3.05, 3.63) is 77.8 Å². The first-order chi connectivity index (χ1) is 13.1. The van der Waals surface area contributed by atoms with E-state index in [4.69, 9.17) is 21.3 Å². The number of benzene rings is 1. The number of imidazole rings is 1. The average molecular weight is 401 g/mol. The van der Waals surface area contributed by atoms with Crippen LogP contribution in [0.4, 0.5) is 0 Å². The van der Waals surface area contributed by atoms with E-state index in [0.717, 1.165) is 32.0 Å². The zero-order valence-electron chi connectivity index (χ0n) is 15.5. The highest BCUT2D eigenvalue weighted by Crippen LogP contribution is 2.35. The third-order valence-electron chi connectivity index (χ3n) is 4.07. The molecule has 0 aliphatic heterocycles. The number of rotatable bonds is 8. The van der Waals surface area contributed by atoms with Crippen molar-refractivity contribution >= 4 is 23.4 Å². The maximum Gasteiger partial charge on any atom is 0.136 e. The lowest BCUT2D eigenvalue weighted by Gasteiger charge is -2.14. The minimum absolute atomic E-state index is 0.184. The van der Waals surface area contributed by atoms with Gasteiger partial charge >= 0.3 is 0 Å². The summed E-state index contributed by atoms with van der Waals surface area (Å²) in [7, 11) is 0. The molecule has 0 fully saturated rings. The monoisotopic (exact) mass is 400 g/mol. The number of halogens is 1. The van der Waals surface area contributed by atoms with Gasteiger partial charge in [0.15, 0.2) is 0 Å². The summed E-state index contributed by atoms with van der Waals surface area (Å²) < 4.78 is 5.89. The molecule has 141 valence electrons. The van der Waals surface area contributed by atoms with Gasteiger partial charge in [0.2, 0.25) is 0 Å². The summed E-state index contributed by atoms with van der Waals surface area (Å²) in [6, 6.07) is 11.8. The quantitative estimate of drug-likeness (QED) is 0.514. The summed E-state index contributed by atoms with van der Waals surface area (Å²) in [6.45, 7) is 8.50. The molecule has 0 spiro atoms. The topological polar surface area (TPSA) is 50.8 Å². The van der Waals surface area contributed by atoms with Crippen LogP contribution in [0.15, 0.2) is 58.7 Å². The molecule has 0 amide bonds. The number of ether oxygens (including phenoxy) is 1. The van der Waals surface area contributed by atoms with Gasteiger partial charge < -0.3 is 9.72 Å². The highest BCUT2D eigenvalue weighted by molar-refractivity contribution is 7.99. The van der Waals surface area contributed by atoms with Gasteiger partial charge in [-0.2, -0.15) is 0 Å². The van der Waals surface area contributed by atoms with Crippen molar-refractivity contribution in [2.45, 2.75) is 42.2 Å². The fraction of sp³-hybridized carbons (Fsp3) is 0.286. The number of hydrogen-bond acceptors (Lipinski definition) is 4. The first-order valence-corrected chi connectivity index (χ1v) is 10.1. The predicted octanol–water partition coefficient (Wildman–Crippen LogP) is 5.87. The Hall–Kier alpha value is -1.82. The fourth-order valence-corrected chi connectivity index (χ4v) is 4.13. The van der Waals surface area contributed by atoms with E-state index in [1.807, 2.05) is 36.4 Å². The zero-order chi connectivity index (χ0) is 19.2. The van der Waals surface area contributed by atoms with Crippen LogP contribution in [0.1, 0.15) is 43.0 Å². The van der Waals surface area contributed by atoms with Crippen LogP contribution in [0.25, 0.3) is 0 Å². The molecule has 1 aromatic carbocycles. The van der Waals surface area contributed by atoms with Crippen LogP contribution in [-0.4, -0.2) is 21.6 Å². The van der Waals surface area contributed by atoms with E-state index in [1.165, 1.54) is 0 Å². The second-order valence-corrected chi connectivity index (χ2v) is 7.99. The summed E-state index contributed by atoms with van der Waals surface area (Å²) in [4.78, 5) is 13.5. The van der Waals surface area contributed by atoms with Crippen LogP contribution in [0.2, 0.25) is 5.02 Å². The summed E-state index contributed by atoms with van der Waals surface area (Å²) in [5.74, 6) is 1.11. The van der Waals surface area contributed by atoms with Crippen LogP contribution >= 0.6 is 23.4 Å². The SMILES string of the molecule is [CH2]COC(Cc1ccncc1)c1nc(C(C)C)c(Sc2cccc(Cl)c2)[nH]1. The van der Waals surface area contributed by atoms with Crippen molar-refractivity contribution in [1.29, 1.82) is 0 Å². The third-order valence-corrected chi connectivity index (χ3v) is 5.31. The molecule has 4 nitrogen and oxygen atoms in total. The maximum atomic E-state index is 6.13. The van der Waals surface area contributed by atoms with Gasteiger partial charge in [0.25, 0.3) is 0 Å². The van der Waals surface area contributed by atoms with Crippen LogP contribution in [-0.2, 0) is 11.2 Å². The summed E-state index contributed by atoms with van der Waals surface area (Å²) >= 11 is 7.77. The van der Waals surface area contributed by atoms with Gasteiger partial charge in [-0.05, 0) is 48.7 Å². The molecule has 1 N–H and O–H groups in total. The van der Waals surface area contributed by atoms with E-state index in [1.54, 1.807) is 24.2 Å². The molecule has 3 rings (SSSR count). The van der Waals surface area contributed by atoms with E-state index < -0.39 is 0 Å². The Kier molecular flexibility index (Phi) is 6.94. The van der Waals surface area contributed by atoms with Crippen LogP contribution in [0.3, 0.4) is 0 Å². The Labute approximate surface area is 169 Å². The molecule has 0 aliphatic carbocycles. The number of aromatic amines is 1. The third kappa shape index (κ3) is 5.34. The molecule has 0 aliphatic rings. The smallest absolute Gasteiger partial charge is 0.136 e. The number of aromatic nitrogens is 3. The van der Waals surface area contributed by atoms with Gasteiger partial charge in [-0.3, -0.25) is 4.98 Å². The van der Waals surface area contributed by atoms with Crippen LogP contribution < -0.4 is 0 Å². The maximum absolute atomic E-state index is 6.13. The number of nitrogens with one attached hydrogen (secondary N) is 1. The van der Waals surface area contributed by atoms with Crippen molar-refractivity contribution in [3.63, 3.8) is 0 Å². The minimum Gasteiger partial charge on any atom is -0.370 e. The lowest BCUT2D eigenvalue weighted by Crippen LogP contribution is -2.10. The van der Waals surface area contributed by atoms with E-state index in [9.17, 15) is 0 Å². The Morgan fingerprint density at radius 2 is 2.00 bits per heavy atom.